The molecule has 2 rings (SSSR count). The number of nitrogens with one attached hydrogen (secondary N) is 1. The lowest BCUT2D eigenvalue weighted by Crippen LogP contribution is -2.29. The number of hydrogen-bond donors (Lipinski definition) is 1. The topological polar surface area (TPSA) is 99.0 Å². The quantitative estimate of drug-likeness (QED) is 0.621. The lowest BCUT2D eigenvalue weighted by molar-refractivity contribution is -0.145. The van der Waals surface area contributed by atoms with Crippen LogP contribution in [0.5, 0.6) is 0 Å². The van der Waals surface area contributed by atoms with Gasteiger partial charge < -0.3 is 9.30 Å². The fourth-order valence-electron chi connectivity index (χ4n) is 2.63. The fourth-order valence-corrected chi connectivity index (χ4v) is 2.63. The van der Waals surface area contributed by atoms with Crippen LogP contribution in [0.25, 0.3) is 11.2 Å². The summed E-state index contributed by atoms with van der Waals surface area (Å²) in [6.45, 7) is 3.27. The van der Waals surface area contributed by atoms with Gasteiger partial charge in [0, 0.05) is 27.4 Å². The van der Waals surface area contributed by atoms with Gasteiger partial charge in [0.15, 0.2) is 11.2 Å². The minimum atomic E-state index is -0.470. The van der Waals surface area contributed by atoms with Gasteiger partial charge in [-0.1, -0.05) is 0 Å². The Bertz CT molecular complexity index is 830. The second-order valence-corrected chi connectivity index (χ2v) is 5.74. The van der Waals surface area contributed by atoms with Crippen LogP contribution in [0.1, 0.15) is 38.9 Å². The third kappa shape index (κ3) is 3.69. The molecule has 0 saturated carbocycles. The van der Waals surface area contributed by atoms with E-state index in [0.29, 0.717) is 17.6 Å². The van der Waals surface area contributed by atoms with E-state index >= 15 is 0 Å². The monoisotopic (exact) mass is 322 g/mol. The molecular weight excluding hydrogens is 300 g/mol. The van der Waals surface area contributed by atoms with E-state index in [9.17, 15) is 14.4 Å². The molecule has 0 aliphatic rings. The molecule has 2 aromatic heterocycles. The highest BCUT2D eigenvalue weighted by Crippen LogP contribution is 2.13. The van der Waals surface area contributed by atoms with Crippen LogP contribution in [0, 0.1) is 0 Å². The van der Waals surface area contributed by atoms with Crippen molar-refractivity contribution in [3.05, 3.63) is 26.7 Å². The third-order valence-electron chi connectivity index (χ3n) is 3.86. The molecule has 0 fully saturated rings. The molecule has 1 atom stereocenters. The molecule has 2 heterocycles. The lowest BCUT2D eigenvalue weighted by atomic mass is 10.1. The summed E-state index contributed by atoms with van der Waals surface area (Å²) in [7, 11) is 3.35. The summed E-state index contributed by atoms with van der Waals surface area (Å²) in [5.74, 6) is 0.486. The number of aryl methyl sites for hydroxylation is 3. The Labute approximate surface area is 133 Å². The SMILES string of the molecule is CC(=O)O[C@H](C)CCCCc1nc2c(c(=O)[nH]c(=O)n2C)n1C. The second-order valence-electron chi connectivity index (χ2n) is 5.74. The Kier molecular flexibility index (Phi) is 5.02. The van der Waals surface area contributed by atoms with E-state index in [-0.39, 0.29) is 12.1 Å². The molecule has 0 unspecified atom stereocenters. The molecule has 0 bridgehead atoms. The van der Waals surface area contributed by atoms with E-state index < -0.39 is 11.2 Å². The zero-order chi connectivity index (χ0) is 17.1. The maximum Gasteiger partial charge on any atom is 0.329 e. The average molecular weight is 322 g/mol. The largest absolute Gasteiger partial charge is 0.463 e. The van der Waals surface area contributed by atoms with Gasteiger partial charge in [0.25, 0.3) is 5.56 Å². The van der Waals surface area contributed by atoms with E-state index in [4.69, 9.17) is 4.74 Å². The number of imidazole rings is 1. The van der Waals surface area contributed by atoms with Gasteiger partial charge in [-0.25, -0.2) is 9.78 Å². The number of carbonyl (C=O) groups excluding carboxylic acids is 1. The molecule has 1 N–H and O–H groups in total. The maximum absolute atomic E-state index is 11.9. The van der Waals surface area contributed by atoms with Crippen LogP contribution < -0.4 is 11.2 Å². The van der Waals surface area contributed by atoms with Crippen molar-refractivity contribution in [1.29, 1.82) is 0 Å². The Hall–Kier alpha value is -2.38. The first-order chi connectivity index (χ1) is 10.8. The fraction of sp³-hybridized carbons (Fsp3) is 0.600. The number of esters is 1. The van der Waals surface area contributed by atoms with Crippen LogP contribution in [0.3, 0.4) is 0 Å². The molecule has 23 heavy (non-hydrogen) atoms. The number of aromatic amines is 1. The molecule has 8 nitrogen and oxygen atoms in total. The van der Waals surface area contributed by atoms with E-state index in [2.05, 4.69) is 9.97 Å². The zero-order valence-corrected chi connectivity index (χ0v) is 13.9. The summed E-state index contributed by atoms with van der Waals surface area (Å²) in [6.07, 6.45) is 3.10. The van der Waals surface area contributed by atoms with Gasteiger partial charge >= 0.3 is 11.7 Å². The number of H-pyrrole nitrogens is 1. The van der Waals surface area contributed by atoms with Gasteiger partial charge in [-0.3, -0.25) is 19.1 Å². The highest BCUT2D eigenvalue weighted by Gasteiger charge is 2.14. The summed E-state index contributed by atoms with van der Waals surface area (Å²) < 4.78 is 8.14. The van der Waals surface area contributed by atoms with Crippen molar-refractivity contribution in [3.8, 4) is 0 Å². The minimum Gasteiger partial charge on any atom is -0.463 e. The molecule has 8 heteroatoms. The highest BCUT2D eigenvalue weighted by molar-refractivity contribution is 5.70. The average Bonchev–Trinajstić information content (AvgIpc) is 2.78. The van der Waals surface area contributed by atoms with Crippen LogP contribution in [0.2, 0.25) is 0 Å². The first kappa shape index (κ1) is 17.0. The first-order valence-corrected chi connectivity index (χ1v) is 7.63. The van der Waals surface area contributed by atoms with Crippen LogP contribution in [0.4, 0.5) is 0 Å². The van der Waals surface area contributed by atoms with Gasteiger partial charge in [0.2, 0.25) is 0 Å². The molecule has 0 saturated heterocycles. The Morgan fingerprint density at radius 3 is 2.61 bits per heavy atom. The molecule has 2 aromatic rings. The number of fused-ring (bicyclic) bond motifs is 1. The molecular formula is C15H22N4O4. The maximum atomic E-state index is 11.9. The van der Waals surface area contributed by atoms with E-state index in [1.165, 1.54) is 11.5 Å². The number of nitrogens with zero attached hydrogens (tertiary/aromatic N) is 3. The van der Waals surface area contributed by atoms with Crippen LogP contribution in [-0.2, 0) is 30.0 Å². The van der Waals surface area contributed by atoms with Crippen molar-refractivity contribution in [2.75, 3.05) is 0 Å². The van der Waals surface area contributed by atoms with Gasteiger partial charge in [-0.05, 0) is 26.2 Å². The number of carbonyl (C=O) groups is 1. The summed E-state index contributed by atoms with van der Waals surface area (Å²) in [5.41, 5.74) is -0.102. The van der Waals surface area contributed by atoms with Crippen molar-refractivity contribution in [2.24, 2.45) is 14.1 Å². The summed E-state index contributed by atoms with van der Waals surface area (Å²) in [6, 6.07) is 0. The molecule has 0 aromatic carbocycles. The summed E-state index contributed by atoms with van der Waals surface area (Å²) in [5, 5.41) is 0. The van der Waals surface area contributed by atoms with Gasteiger partial charge in [-0.15, -0.1) is 0 Å². The normalized spacial score (nSPS) is 12.5. The predicted molar refractivity (Wildman–Crippen MR) is 85.4 cm³/mol. The van der Waals surface area contributed by atoms with Crippen molar-refractivity contribution >= 4 is 17.1 Å². The number of ether oxygens (including phenoxy) is 1. The van der Waals surface area contributed by atoms with Crippen LogP contribution >= 0.6 is 0 Å². The molecule has 0 radical (unpaired) electrons. The van der Waals surface area contributed by atoms with E-state index in [0.717, 1.165) is 25.1 Å². The number of unbranched alkanes of at least 4 members (excludes halogenated alkanes) is 1. The first-order valence-electron chi connectivity index (χ1n) is 7.63. The second kappa shape index (κ2) is 6.80. The van der Waals surface area contributed by atoms with Gasteiger partial charge in [-0.2, -0.15) is 0 Å². The standard InChI is InChI=1S/C15H22N4O4/c1-9(23-10(2)20)7-5-6-8-11-16-13-12(18(11)3)14(21)17-15(22)19(13)4/h9H,5-8H2,1-4H3,(H,17,21,22)/t9-/m1/s1. The highest BCUT2D eigenvalue weighted by atomic mass is 16.5. The number of aromatic nitrogens is 4. The van der Waals surface area contributed by atoms with Gasteiger partial charge in [0.1, 0.15) is 5.82 Å². The Morgan fingerprint density at radius 1 is 1.26 bits per heavy atom. The molecule has 0 aliphatic carbocycles. The van der Waals surface area contributed by atoms with E-state index in [1.54, 1.807) is 18.7 Å². The smallest absolute Gasteiger partial charge is 0.329 e. The summed E-state index contributed by atoms with van der Waals surface area (Å²) >= 11 is 0. The Morgan fingerprint density at radius 2 is 1.96 bits per heavy atom. The molecule has 126 valence electrons. The van der Waals surface area contributed by atoms with E-state index in [1.807, 2.05) is 6.92 Å². The number of rotatable bonds is 6. The predicted octanol–water partition coefficient (Wildman–Crippen LogP) is 0.625. The lowest BCUT2D eigenvalue weighted by Gasteiger charge is -2.11. The van der Waals surface area contributed by atoms with Crippen molar-refractivity contribution in [3.63, 3.8) is 0 Å². The number of hydrogen-bond acceptors (Lipinski definition) is 5. The third-order valence-corrected chi connectivity index (χ3v) is 3.86. The van der Waals surface area contributed by atoms with Crippen molar-refractivity contribution in [2.45, 2.75) is 45.6 Å². The molecule has 0 amide bonds. The zero-order valence-electron chi connectivity index (χ0n) is 13.9. The molecule has 0 spiro atoms. The minimum absolute atomic E-state index is 0.100. The van der Waals surface area contributed by atoms with Crippen molar-refractivity contribution < 1.29 is 9.53 Å². The van der Waals surface area contributed by atoms with Crippen LogP contribution in [0.15, 0.2) is 9.59 Å². The summed E-state index contributed by atoms with van der Waals surface area (Å²) in [4.78, 5) is 41.1. The van der Waals surface area contributed by atoms with Gasteiger partial charge in [0.05, 0.1) is 6.10 Å². The molecule has 0 aliphatic heterocycles. The Balaban J connectivity index is 2.07. The van der Waals surface area contributed by atoms with Crippen molar-refractivity contribution in [1.82, 2.24) is 19.1 Å². The van der Waals surface area contributed by atoms with Crippen LogP contribution in [-0.4, -0.2) is 31.2 Å².